The first kappa shape index (κ1) is 15.9. The third-order valence-corrected chi connectivity index (χ3v) is 5.42. The number of carbonyl (C=O) groups is 2. The molecule has 0 radical (unpaired) electrons. The number of nitrogens with one attached hydrogen (secondary N) is 1. The average molecular weight is 330 g/mol. The first-order chi connectivity index (χ1) is 10.1. The van der Waals surface area contributed by atoms with E-state index in [-0.39, 0.29) is 22.2 Å². The first-order valence-electron chi connectivity index (χ1n) is 6.01. The van der Waals surface area contributed by atoms with Gasteiger partial charge < -0.3 is 10.2 Å². The summed E-state index contributed by atoms with van der Waals surface area (Å²) in [5.74, 6) is -0.462. The Kier molecular flexibility index (Phi) is 5.26. The lowest BCUT2D eigenvalue weighted by atomic mass is 10.1. The van der Waals surface area contributed by atoms with Gasteiger partial charge in [-0.15, -0.1) is 28.6 Å². The van der Waals surface area contributed by atoms with Crippen LogP contribution < -0.4 is 0 Å². The molecule has 2 aliphatic rings. The quantitative estimate of drug-likeness (QED) is 0.527. The minimum Gasteiger partial charge on any atom is -0.477 e. The molecule has 0 aromatic carbocycles. The van der Waals surface area contributed by atoms with Crippen LogP contribution in [-0.2, 0) is 9.59 Å². The highest BCUT2D eigenvalue weighted by Crippen LogP contribution is 2.41. The van der Waals surface area contributed by atoms with Crippen LogP contribution in [0.1, 0.15) is 6.42 Å². The van der Waals surface area contributed by atoms with E-state index in [4.69, 9.17) is 10.2 Å². The van der Waals surface area contributed by atoms with Crippen LogP contribution >= 0.6 is 23.5 Å². The van der Waals surface area contributed by atoms with Gasteiger partial charge in [0.1, 0.15) is 10.7 Å². The zero-order valence-electron chi connectivity index (χ0n) is 11.1. The smallest absolute Gasteiger partial charge is 0.352 e. The summed E-state index contributed by atoms with van der Waals surface area (Å²) in [4.78, 5) is 23.9. The number of aromatic nitrogens is 3. The molecule has 10 heteroatoms. The molecule has 1 aromatic heterocycles. The van der Waals surface area contributed by atoms with Gasteiger partial charge in [0.25, 0.3) is 0 Å². The molecule has 3 N–H and O–H groups in total. The largest absolute Gasteiger partial charge is 0.477 e. The molecular weight excluding hydrogens is 316 g/mol. The summed E-state index contributed by atoms with van der Waals surface area (Å²) in [6, 6.07) is 0. The Morgan fingerprint density at radius 2 is 2.38 bits per heavy atom. The number of aromatic amines is 1. The number of H-pyrrole nitrogens is 1. The number of thioether (sulfide) groups is 2. The molecule has 114 valence electrons. The number of hydrogen-bond acceptors (Lipinski definition) is 7. The van der Waals surface area contributed by atoms with E-state index in [2.05, 4.69) is 15.4 Å². The number of fused-ring (bicyclic) bond motifs is 1. The first-order valence-corrected chi connectivity index (χ1v) is 7.94. The summed E-state index contributed by atoms with van der Waals surface area (Å²) in [6.07, 6.45) is 3.69. The average Bonchev–Trinajstić information content (AvgIpc) is 2.98. The van der Waals surface area contributed by atoms with Gasteiger partial charge in [0.2, 0.25) is 5.91 Å². The minimum atomic E-state index is -1.05. The van der Waals surface area contributed by atoms with Crippen molar-refractivity contribution in [2.24, 2.45) is 0 Å². The Morgan fingerprint density at radius 3 is 2.95 bits per heavy atom. The number of β-lactam (4-membered cyclic amide) rings is 1. The number of rotatable bonds is 4. The zero-order valence-corrected chi connectivity index (χ0v) is 12.7. The number of aliphatic hydroxyl groups is 1. The number of hydrogen-bond donors (Lipinski definition) is 3. The predicted molar refractivity (Wildman–Crippen MR) is 77.6 cm³/mol. The second-order valence-corrected chi connectivity index (χ2v) is 6.54. The highest BCUT2D eigenvalue weighted by molar-refractivity contribution is 8.03. The van der Waals surface area contributed by atoms with Gasteiger partial charge in [0.05, 0.1) is 18.0 Å². The SMILES string of the molecule is CO.O=C(O)C1=CC(CSc2cn[nH]n2)S[C@@H]2CC(=O)N12. The number of carboxylic acid groups (broad SMARTS) is 1. The van der Waals surface area contributed by atoms with E-state index in [1.165, 1.54) is 16.7 Å². The van der Waals surface area contributed by atoms with Gasteiger partial charge in [0, 0.05) is 18.1 Å². The van der Waals surface area contributed by atoms with E-state index in [1.54, 1.807) is 24.0 Å². The van der Waals surface area contributed by atoms with Gasteiger partial charge in [-0.3, -0.25) is 9.69 Å². The number of aliphatic carboxylic acids is 1. The molecule has 0 aliphatic carbocycles. The van der Waals surface area contributed by atoms with E-state index >= 15 is 0 Å². The van der Waals surface area contributed by atoms with E-state index < -0.39 is 5.97 Å². The highest BCUT2D eigenvalue weighted by Gasteiger charge is 2.45. The summed E-state index contributed by atoms with van der Waals surface area (Å²) >= 11 is 3.12. The molecule has 21 heavy (non-hydrogen) atoms. The van der Waals surface area contributed by atoms with Crippen LogP contribution in [0, 0.1) is 0 Å². The van der Waals surface area contributed by atoms with Crippen LogP contribution in [0.4, 0.5) is 0 Å². The molecule has 3 rings (SSSR count). The van der Waals surface area contributed by atoms with Crippen molar-refractivity contribution >= 4 is 35.4 Å². The van der Waals surface area contributed by atoms with E-state index in [0.717, 1.165) is 12.1 Å². The molecule has 1 fully saturated rings. The number of carbonyl (C=O) groups excluding carboxylic acids is 1. The lowest BCUT2D eigenvalue weighted by Gasteiger charge is -2.44. The fourth-order valence-corrected chi connectivity index (χ4v) is 4.36. The Balaban J connectivity index is 0.000000774. The molecule has 3 heterocycles. The lowest BCUT2D eigenvalue weighted by Crippen LogP contribution is -2.54. The Morgan fingerprint density at radius 1 is 1.62 bits per heavy atom. The van der Waals surface area contributed by atoms with Crippen molar-refractivity contribution in [3.63, 3.8) is 0 Å². The minimum absolute atomic E-state index is 0.0356. The lowest BCUT2D eigenvalue weighted by molar-refractivity contribution is -0.146. The van der Waals surface area contributed by atoms with Gasteiger partial charge >= 0.3 is 5.97 Å². The summed E-state index contributed by atoms with van der Waals surface area (Å²) in [6.45, 7) is 0. The molecular formula is C11H14N4O4S2. The third-order valence-electron chi connectivity index (χ3n) is 2.85. The summed E-state index contributed by atoms with van der Waals surface area (Å²) in [5.41, 5.74) is 0.103. The van der Waals surface area contributed by atoms with Crippen molar-refractivity contribution < 1.29 is 19.8 Å². The predicted octanol–water partition coefficient (Wildman–Crippen LogP) is 0.148. The molecule has 2 atom stereocenters. The third kappa shape index (κ3) is 3.39. The summed E-state index contributed by atoms with van der Waals surface area (Å²) < 4.78 is 0. The van der Waals surface area contributed by atoms with Crippen LogP contribution in [0.25, 0.3) is 0 Å². The molecule has 1 aromatic rings. The normalized spacial score (nSPS) is 23.4. The maximum Gasteiger partial charge on any atom is 0.352 e. The number of carboxylic acids is 1. The molecule has 0 spiro atoms. The maximum atomic E-state index is 11.4. The van der Waals surface area contributed by atoms with Crippen molar-refractivity contribution in [1.82, 2.24) is 20.3 Å². The molecule has 0 saturated carbocycles. The van der Waals surface area contributed by atoms with Gasteiger partial charge in [-0.25, -0.2) is 4.79 Å². The standard InChI is InChI=1S/C10H10N4O3S2.CH4O/c15-8-2-9-14(8)6(10(16)17)1-5(19-9)4-18-7-3-11-13-12-7;1-2/h1,3,5,9H,2,4H2,(H,16,17)(H,11,12,13);2H,1H3/t5?,9-;/m1./s1. The summed E-state index contributed by atoms with van der Waals surface area (Å²) in [5, 5.41) is 27.1. The number of aliphatic hydroxyl groups excluding tert-OH is 1. The topological polar surface area (TPSA) is 119 Å². The zero-order chi connectivity index (χ0) is 15.4. The second-order valence-electron chi connectivity index (χ2n) is 4.07. The number of amides is 1. The Hall–Kier alpha value is -1.52. The van der Waals surface area contributed by atoms with Gasteiger partial charge in [-0.2, -0.15) is 10.3 Å². The van der Waals surface area contributed by atoms with Crippen molar-refractivity contribution in [2.45, 2.75) is 22.1 Å². The van der Waals surface area contributed by atoms with Gasteiger partial charge in [-0.05, 0) is 6.08 Å². The fourth-order valence-electron chi connectivity index (χ4n) is 1.97. The van der Waals surface area contributed by atoms with Crippen LogP contribution in [0.5, 0.6) is 0 Å². The van der Waals surface area contributed by atoms with Gasteiger partial charge in [-0.1, -0.05) is 0 Å². The van der Waals surface area contributed by atoms with E-state index in [9.17, 15) is 9.59 Å². The van der Waals surface area contributed by atoms with Crippen molar-refractivity contribution in [3.05, 3.63) is 18.0 Å². The van der Waals surface area contributed by atoms with Crippen molar-refractivity contribution in [2.75, 3.05) is 12.9 Å². The van der Waals surface area contributed by atoms with Crippen LogP contribution in [0.15, 0.2) is 23.0 Å². The van der Waals surface area contributed by atoms with Crippen LogP contribution in [-0.4, -0.2) is 65.9 Å². The van der Waals surface area contributed by atoms with E-state index in [1.807, 2.05) is 0 Å². The summed E-state index contributed by atoms with van der Waals surface area (Å²) in [7, 11) is 1.00. The molecule has 1 amide bonds. The van der Waals surface area contributed by atoms with Crippen LogP contribution in [0.3, 0.4) is 0 Å². The second kappa shape index (κ2) is 6.96. The number of nitrogens with zero attached hydrogens (tertiary/aromatic N) is 3. The fraction of sp³-hybridized carbons (Fsp3) is 0.455. The molecule has 1 saturated heterocycles. The molecule has 8 nitrogen and oxygen atoms in total. The van der Waals surface area contributed by atoms with Gasteiger partial charge in [0.15, 0.2) is 0 Å². The van der Waals surface area contributed by atoms with Crippen molar-refractivity contribution in [3.8, 4) is 0 Å². The Bertz CT molecular complexity index is 548. The molecule has 0 bridgehead atoms. The Labute approximate surface area is 129 Å². The highest BCUT2D eigenvalue weighted by atomic mass is 32.2. The molecule has 2 aliphatic heterocycles. The monoisotopic (exact) mass is 330 g/mol. The maximum absolute atomic E-state index is 11.4. The van der Waals surface area contributed by atoms with E-state index in [0.29, 0.717) is 12.2 Å². The van der Waals surface area contributed by atoms with Crippen molar-refractivity contribution in [1.29, 1.82) is 0 Å². The van der Waals surface area contributed by atoms with Crippen LogP contribution in [0.2, 0.25) is 0 Å². The molecule has 1 unspecified atom stereocenters.